The molecule has 138 valence electrons. The molecule has 2 aromatic rings. The zero-order valence-electron chi connectivity index (χ0n) is 14.0. The molecular formula is C16H22N2O6S. The molecule has 1 aromatic carbocycles. The normalized spacial score (nSPS) is 17.8. The van der Waals surface area contributed by atoms with E-state index in [-0.39, 0.29) is 23.6 Å². The van der Waals surface area contributed by atoms with Gasteiger partial charge in [-0.1, -0.05) is 0 Å². The first-order valence-corrected chi connectivity index (χ1v) is 9.71. The second-order valence-corrected chi connectivity index (χ2v) is 8.10. The van der Waals surface area contributed by atoms with Gasteiger partial charge in [0.1, 0.15) is 0 Å². The van der Waals surface area contributed by atoms with Crippen molar-refractivity contribution in [2.45, 2.75) is 31.2 Å². The van der Waals surface area contributed by atoms with Crippen LogP contribution in [0.5, 0.6) is 0 Å². The SMILES string of the molecule is CCn1c(=O)oc2cc(S(=O)(=O)NCC3(CO)CCOCC3)ccc21. The van der Waals surface area contributed by atoms with E-state index in [2.05, 4.69) is 4.72 Å². The van der Waals surface area contributed by atoms with Crippen LogP contribution in [-0.2, 0) is 21.3 Å². The van der Waals surface area contributed by atoms with Crippen molar-refractivity contribution >= 4 is 21.1 Å². The molecule has 0 saturated carbocycles. The van der Waals surface area contributed by atoms with E-state index in [1.807, 2.05) is 6.92 Å². The standard InChI is InChI=1S/C16H22N2O6S/c1-2-18-13-4-3-12(9-14(13)24-15(18)20)25(21,22)17-10-16(11-19)5-7-23-8-6-16/h3-4,9,17,19H,2,5-8,10-11H2,1H3. The molecule has 0 aliphatic carbocycles. The van der Waals surface area contributed by atoms with Crippen molar-refractivity contribution in [3.63, 3.8) is 0 Å². The lowest BCUT2D eigenvalue weighted by molar-refractivity contribution is -0.0126. The molecule has 0 spiro atoms. The van der Waals surface area contributed by atoms with Gasteiger partial charge in [-0.25, -0.2) is 17.9 Å². The number of nitrogens with one attached hydrogen (secondary N) is 1. The lowest BCUT2D eigenvalue weighted by Gasteiger charge is -2.35. The number of aliphatic hydroxyl groups is 1. The number of rotatable bonds is 6. The monoisotopic (exact) mass is 370 g/mol. The van der Waals surface area contributed by atoms with Gasteiger partial charge in [0.05, 0.1) is 17.0 Å². The summed E-state index contributed by atoms with van der Waals surface area (Å²) in [5.41, 5.74) is 0.286. The Labute approximate surface area is 145 Å². The minimum Gasteiger partial charge on any atom is -0.408 e. The number of ether oxygens (including phenoxy) is 1. The number of sulfonamides is 1. The topological polar surface area (TPSA) is 111 Å². The van der Waals surface area contributed by atoms with Crippen molar-refractivity contribution in [1.29, 1.82) is 0 Å². The number of aryl methyl sites for hydroxylation is 1. The number of benzene rings is 1. The zero-order chi connectivity index (χ0) is 18.1. The summed E-state index contributed by atoms with van der Waals surface area (Å²) < 4.78 is 39.6. The average molecular weight is 370 g/mol. The van der Waals surface area contributed by atoms with Crippen molar-refractivity contribution in [3.8, 4) is 0 Å². The van der Waals surface area contributed by atoms with E-state index in [1.165, 1.54) is 16.7 Å². The maximum Gasteiger partial charge on any atom is 0.419 e. The summed E-state index contributed by atoms with van der Waals surface area (Å²) in [6.45, 7) is 3.29. The predicted octanol–water partition coefficient (Wildman–Crippen LogP) is 0.682. The fourth-order valence-electron chi connectivity index (χ4n) is 3.04. The summed E-state index contributed by atoms with van der Waals surface area (Å²) in [5, 5.41) is 9.67. The number of aliphatic hydroxyl groups excluding tert-OH is 1. The number of oxazole rings is 1. The quantitative estimate of drug-likeness (QED) is 0.774. The fraction of sp³-hybridized carbons (Fsp3) is 0.562. The molecule has 2 N–H and O–H groups in total. The summed E-state index contributed by atoms with van der Waals surface area (Å²) in [6, 6.07) is 4.36. The molecule has 0 atom stereocenters. The highest BCUT2D eigenvalue weighted by Gasteiger charge is 2.33. The second kappa shape index (κ2) is 6.91. The van der Waals surface area contributed by atoms with Gasteiger partial charge in [0.15, 0.2) is 5.58 Å². The summed E-state index contributed by atoms with van der Waals surface area (Å²) >= 11 is 0. The molecule has 8 nitrogen and oxygen atoms in total. The first-order chi connectivity index (χ1) is 11.9. The molecular weight excluding hydrogens is 348 g/mol. The Morgan fingerprint density at radius 1 is 1.32 bits per heavy atom. The van der Waals surface area contributed by atoms with Gasteiger partial charge in [0, 0.05) is 37.8 Å². The number of nitrogens with zero attached hydrogens (tertiary/aromatic N) is 1. The molecule has 2 heterocycles. The van der Waals surface area contributed by atoms with E-state index in [0.29, 0.717) is 38.1 Å². The summed E-state index contributed by atoms with van der Waals surface area (Å²) in [7, 11) is -3.78. The molecule has 0 unspecified atom stereocenters. The second-order valence-electron chi connectivity index (χ2n) is 6.34. The zero-order valence-corrected chi connectivity index (χ0v) is 14.8. The molecule has 1 fully saturated rings. The van der Waals surface area contributed by atoms with E-state index in [0.717, 1.165) is 0 Å². The Morgan fingerprint density at radius 2 is 2.04 bits per heavy atom. The van der Waals surface area contributed by atoms with Gasteiger partial charge in [0.2, 0.25) is 10.0 Å². The van der Waals surface area contributed by atoms with E-state index < -0.39 is 21.2 Å². The number of aromatic nitrogens is 1. The third-order valence-corrected chi connectivity index (χ3v) is 6.19. The molecule has 1 aromatic heterocycles. The van der Waals surface area contributed by atoms with Crippen LogP contribution < -0.4 is 10.5 Å². The Bertz CT molecular complexity index is 908. The van der Waals surface area contributed by atoms with Crippen molar-refractivity contribution in [3.05, 3.63) is 28.7 Å². The summed E-state index contributed by atoms with van der Waals surface area (Å²) in [6.07, 6.45) is 1.19. The Morgan fingerprint density at radius 3 is 2.68 bits per heavy atom. The third kappa shape index (κ3) is 3.50. The fourth-order valence-corrected chi connectivity index (χ4v) is 4.21. The Hall–Kier alpha value is -1.68. The molecule has 0 bridgehead atoms. The van der Waals surface area contributed by atoms with Gasteiger partial charge < -0.3 is 14.3 Å². The van der Waals surface area contributed by atoms with Gasteiger partial charge in [-0.05, 0) is 31.9 Å². The van der Waals surface area contributed by atoms with Crippen LogP contribution in [-0.4, -0.2) is 44.5 Å². The summed E-state index contributed by atoms with van der Waals surface area (Å²) in [5.74, 6) is -0.513. The maximum atomic E-state index is 12.6. The van der Waals surface area contributed by atoms with Crippen LogP contribution in [0.2, 0.25) is 0 Å². The smallest absolute Gasteiger partial charge is 0.408 e. The Kier molecular flexibility index (Phi) is 5.01. The first-order valence-electron chi connectivity index (χ1n) is 8.22. The molecule has 0 amide bonds. The van der Waals surface area contributed by atoms with E-state index in [1.54, 1.807) is 6.07 Å². The number of fused-ring (bicyclic) bond motifs is 1. The number of hydrogen-bond acceptors (Lipinski definition) is 6. The molecule has 25 heavy (non-hydrogen) atoms. The van der Waals surface area contributed by atoms with Gasteiger partial charge in [-0.3, -0.25) is 4.57 Å². The van der Waals surface area contributed by atoms with Crippen molar-refractivity contribution in [2.75, 3.05) is 26.4 Å². The van der Waals surface area contributed by atoms with Gasteiger partial charge >= 0.3 is 5.76 Å². The maximum absolute atomic E-state index is 12.6. The molecule has 1 aliphatic rings. The highest BCUT2D eigenvalue weighted by molar-refractivity contribution is 7.89. The highest BCUT2D eigenvalue weighted by Crippen LogP contribution is 2.29. The first kappa shape index (κ1) is 18.1. The van der Waals surface area contributed by atoms with Crippen molar-refractivity contribution in [1.82, 2.24) is 9.29 Å². The largest absolute Gasteiger partial charge is 0.419 e. The number of hydrogen-bond donors (Lipinski definition) is 2. The van der Waals surface area contributed by atoms with E-state index >= 15 is 0 Å². The third-order valence-electron chi connectivity index (χ3n) is 4.79. The van der Waals surface area contributed by atoms with Crippen LogP contribution >= 0.6 is 0 Å². The lowest BCUT2D eigenvalue weighted by Crippen LogP contribution is -2.43. The van der Waals surface area contributed by atoms with Crippen LogP contribution in [0, 0.1) is 5.41 Å². The van der Waals surface area contributed by atoms with Gasteiger partial charge in [0.25, 0.3) is 0 Å². The average Bonchev–Trinajstić information content (AvgIpc) is 2.95. The molecule has 1 aliphatic heterocycles. The predicted molar refractivity (Wildman–Crippen MR) is 90.9 cm³/mol. The van der Waals surface area contributed by atoms with Crippen molar-refractivity contribution in [2.24, 2.45) is 5.41 Å². The van der Waals surface area contributed by atoms with Crippen LogP contribution in [0.1, 0.15) is 19.8 Å². The minimum absolute atomic E-state index is 0.0251. The van der Waals surface area contributed by atoms with Crippen molar-refractivity contribution < 1.29 is 22.7 Å². The molecule has 0 radical (unpaired) electrons. The van der Waals surface area contributed by atoms with Gasteiger partial charge in [-0.2, -0.15) is 0 Å². The molecule has 1 saturated heterocycles. The van der Waals surface area contributed by atoms with Crippen LogP contribution in [0.3, 0.4) is 0 Å². The van der Waals surface area contributed by atoms with E-state index in [9.17, 15) is 18.3 Å². The Balaban J connectivity index is 1.84. The molecule has 3 rings (SSSR count). The minimum atomic E-state index is -3.78. The summed E-state index contributed by atoms with van der Waals surface area (Å²) in [4.78, 5) is 11.8. The molecule has 9 heteroatoms. The van der Waals surface area contributed by atoms with E-state index in [4.69, 9.17) is 9.15 Å². The lowest BCUT2D eigenvalue weighted by atomic mass is 9.81. The van der Waals surface area contributed by atoms with Crippen LogP contribution in [0.25, 0.3) is 11.1 Å². The van der Waals surface area contributed by atoms with Gasteiger partial charge in [-0.15, -0.1) is 0 Å². The van der Waals surface area contributed by atoms with Crippen LogP contribution in [0.4, 0.5) is 0 Å². The highest BCUT2D eigenvalue weighted by atomic mass is 32.2. The van der Waals surface area contributed by atoms with Crippen LogP contribution in [0.15, 0.2) is 32.3 Å².